The Bertz CT molecular complexity index is 425. The molecule has 0 amide bonds. The first kappa shape index (κ1) is 15.5. The van der Waals surface area contributed by atoms with Crippen LogP contribution < -0.4 is 14.8 Å². The Morgan fingerprint density at radius 1 is 1.20 bits per heavy atom. The van der Waals surface area contributed by atoms with E-state index in [-0.39, 0.29) is 0 Å². The van der Waals surface area contributed by atoms with Gasteiger partial charge in [0.15, 0.2) is 11.5 Å². The first-order chi connectivity index (χ1) is 9.74. The van der Waals surface area contributed by atoms with E-state index in [2.05, 4.69) is 38.2 Å². The van der Waals surface area contributed by atoms with Gasteiger partial charge in [0.05, 0.1) is 0 Å². The molecule has 0 saturated carbocycles. The molecule has 1 heterocycles. The van der Waals surface area contributed by atoms with Crippen molar-refractivity contribution in [2.75, 3.05) is 24.8 Å². The summed E-state index contributed by atoms with van der Waals surface area (Å²) in [7, 11) is 0. The van der Waals surface area contributed by atoms with E-state index in [1.165, 1.54) is 17.7 Å². The third kappa shape index (κ3) is 4.06. The molecule has 2 rings (SSSR count). The minimum Gasteiger partial charge on any atom is -0.454 e. The number of thioether (sulfide) groups is 1. The topological polar surface area (TPSA) is 30.5 Å². The van der Waals surface area contributed by atoms with Crippen LogP contribution in [0.4, 0.5) is 0 Å². The van der Waals surface area contributed by atoms with E-state index in [9.17, 15) is 0 Å². The van der Waals surface area contributed by atoms with Crippen molar-refractivity contribution in [2.45, 2.75) is 33.2 Å². The summed E-state index contributed by atoms with van der Waals surface area (Å²) in [6.07, 6.45) is 1.25. The highest BCUT2D eigenvalue weighted by molar-refractivity contribution is 7.99. The Labute approximate surface area is 126 Å². The molecule has 0 saturated heterocycles. The van der Waals surface area contributed by atoms with Crippen LogP contribution in [0.25, 0.3) is 0 Å². The Morgan fingerprint density at radius 2 is 2.00 bits per heavy atom. The van der Waals surface area contributed by atoms with Gasteiger partial charge in [-0.25, -0.2) is 0 Å². The highest BCUT2D eigenvalue weighted by Gasteiger charge is 2.17. The summed E-state index contributed by atoms with van der Waals surface area (Å²) < 4.78 is 10.8. The van der Waals surface area contributed by atoms with E-state index in [0.717, 1.165) is 29.7 Å². The van der Waals surface area contributed by atoms with Crippen LogP contribution in [0.1, 0.15) is 38.8 Å². The van der Waals surface area contributed by atoms with Gasteiger partial charge in [-0.2, -0.15) is 11.8 Å². The van der Waals surface area contributed by atoms with Gasteiger partial charge in [-0.3, -0.25) is 0 Å². The highest BCUT2D eigenvalue weighted by Crippen LogP contribution is 2.34. The van der Waals surface area contributed by atoms with E-state index in [1.54, 1.807) is 0 Å². The number of fused-ring (bicyclic) bond motifs is 1. The average molecular weight is 295 g/mol. The Kier molecular flexibility index (Phi) is 6.05. The van der Waals surface area contributed by atoms with Crippen molar-refractivity contribution in [3.05, 3.63) is 23.8 Å². The SMILES string of the molecule is CCNC(CSCC(C)CC)c1ccc2c(c1)OCO2. The van der Waals surface area contributed by atoms with Crippen LogP contribution in [0.3, 0.4) is 0 Å². The lowest BCUT2D eigenvalue weighted by Gasteiger charge is -2.19. The van der Waals surface area contributed by atoms with Gasteiger partial charge in [-0.15, -0.1) is 0 Å². The van der Waals surface area contributed by atoms with E-state index in [1.807, 2.05) is 17.8 Å². The second-order valence-electron chi connectivity index (χ2n) is 5.27. The van der Waals surface area contributed by atoms with E-state index in [4.69, 9.17) is 9.47 Å². The van der Waals surface area contributed by atoms with Crippen LogP contribution in [-0.4, -0.2) is 24.8 Å². The average Bonchev–Trinajstić information content (AvgIpc) is 2.93. The van der Waals surface area contributed by atoms with E-state index in [0.29, 0.717) is 12.8 Å². The number of hydrogen-bond donors (Lipinski definition) is 1. The molecule has 1 aliphatic heterocycles. The van der Waals surface area contributed by atoms with Crippen molar-refractivity contribution in [3.8, 4) is 11.5 Å². The Hall–Kier alpha value is -0.870. The molecule has 0 aliphatic carbocycles. The van der Waals surface area contributed by atoms with Gasteiger partial charge in [0.1, 0.15) is 0 Å². The monoisotopic (exact) mass is 295 g/mol. The Balaban J connectivity index is 1.97. The standard InChI is InChI=1S/C16H25NO2S/c1-4-12(3)9-20-10-14(17-5-2)13-6-7-15-16(8-13)19-11-18-15/h6-8,12,14,17H,4-5,9-11H2,1-3H3. The number of rotatable bonds is 8. The van der Waals surface area contributed by atoms with E-state index >= 15 is 0 Å². The van der Waals surface area contributed by atoms with Gasteiger partial charge < -0.3 is 14.8 Å². The predicted octanol–water partition coefficient (Wildman–Crippen LogP) is 3.85. The van der Waals surface area contributed by atoms with Gasteiger partial charge >= 0.3 is 0 Å². The first-order valence-corrected chi connectivity index (χ1v) is 8.60. The third-order valence-corrected chi connectivity index (χ3v) is 5.01. The van der Waals surface area contributed by atoms with E-state index < -0.39 is 0 Å². The Morgan fingerprint density at radius 3 is 2.75 bits per heavy atom. The van der Waals surface area contributed by atoms with Crippen LogP contribution in [-0.2, 0) is 0 Å². The van der Waals surface area contributed by atoms with Crippen molar-refractivity contribution in [1.82, 2.24) is 5.32 Å². The van der Waals surface area contributed by atoms with Crippen molar-refractivity contribution in [3.63, 3.8) is 0 Å². The smallest absolute Gasteiger partial charge is 0.231 e. The molecule has 4 heteroatoms. The molecule has 1 aromatic rings. The molecule has 0 bridgehead atoms. The molecule has 0 spiro atoms. The molecule has 1 N–H and O–H groups in total. The van der Waals surface area contributed by atoms with Gasteiger partial charge in [0.25, 0.3) is 0 Å². The molecule has 20 heavy (non-hydrogen) atoms. The highest BCUT2D eigenvalue weighted by atomic mass is 32.2. The maximum absolute atomic E-state index is 5.47. The summed E-state index contributed by atoms with van der Waals surface area (Å²) in [4.78, 5) is 0. The van der Waals surface area contributed by atoms with Crippen molar-refractivity contribution in [1.29, 1.82) is 0 Å². The van der Waals surface area contributed by atoms with Crippen molar-refractivity contribution in [2.24, 2.45) is 5.92 Å². The van der Waals surface area contributed by atoms with Crippen molar-refractivity contribution < 1.29 is 9.47 Å². The van der Waals surface area contributed by atoms with Gasteiger partial charge in [-0.05, 0) is 35.9 Å². The summed E-state index contributed by atoms with van der Waals surface area (Å²) >= 11 is 2.03. The van der Waals surface area contributed by atoms with Crippen LogP contribution in [0.15, 0.2) is 18.2 Å². The number of hydrogen-bond acceptors (Lipinski definition) is 4. The predicted molar refractivity (Wildman–Crippen MR) is 85.8 cm³/mol. The van der Waals surface area contributed by atoms with Crippen LogP contribution in [0, 0.1) is 5.92 Å². The second-order valence-corrected chi connectivity index (χ2v) is 6.35. The zero-order chi connectivity index (χ0) is 14.4. The summed E-state index contributed by atoms with van der Waals surface area (Å²) in [5, 5.41) is 3.56. The van der Waals surface area contributed by atoms with Crippen molar-refractivity contribution >= 4 is 11.8 Å². The number of nitrogens with one attached hydrogen (secondary N) is 1. The molecule has 3 nitrogen and oxygen atoms in total. The van der Waals surface area contributed by atoms with Gasteiger partial charge in [0.2, 0.25) is 6.79 Å². The van der Waals surface area contributed by atoms with Gasteiger partial charge in [0, 0.05) is 11.8 Å². The molecule has 112 valence electrons. The molecule has 2 unspecified atom stereocenters. The fourth-order valence-corrected chi connectivity index (χ4v) is 3.47. The van der Waals surface area contributed by atoms with Crippen LogP contribution in [0.2, 0.25) is 0 Å². The molecular formula is C16H25NO2S. The first-order valence-electron chi connectivity index (χ1n) is 7.45. The van der Waals surface area contributed by atoms with Gasteiger partial charge in [-0.1, -0.05) is 33.3 Å². The summed E-state index contributed by atoms with van der Waals surface area (Å²) in [6, 6.07) is 6.65. The molecule has 1 aromatic carbocycles. The zero-order valence-corrected chi connectivity index (χ0v) is 13.5. The van der Waals surface area contributed by atoms with Crippen LogP contribution >= 0.6 is 11.8 Å². The fourth-order valence-electron chi connectivity index (χ4n) is 2.15. The lowest BCUT2D eigenvalue weighted by molar-refractivity contribution is 0.174. The molecule has 0 radical (unpaired) electrons. The quantitative estimate of drug-likeness (QED) is 0.789. The summed E-state index contributed by atoms with van der Waals surface area (Å²) in [6.45, 7) is 8.04. The third-order valence-electron chi connectivity index (χ3n) is 3.63. The lowest BCUT2D eigenvalue weighted by atomic mass is 10.1. The molecule has 0 fully saturated rings. The molecular weight excluding hydrogens is 270 g/mol. The number of ether oxygens (including phenoxy) is 2. The maximum atomic E-state index is 5.47. The zero-order valence-electron chi connectivity index (χ0n) is 12.6. The summed E-state index contributed by atoms with van der Waals surface area (Å²) in [5.41, 5.74) is 1.28. The number of benzene rings is 1. The van der Waals surface area contributed by atoms with Crippen LogP contribution in [0.5, 0.6) is 11.5 Å². The summed E-state index contributed by atoms with van der Waals surface area (Å²) in [5.74, 6) is 4.84. The molecule has 0 aromatic heterocycles. The normalized spacial score (nSPS) is 16.1. The molecule has 1 aliphatic rings. The fraction of sp³-hybridized carbons (Fsp3) is 0.625. The molecule has 2 atom stereocenters. The second kappa shape index (κ2) is 7.79. The maximum Gasteiger partial charge on any atom is 0.231 e. The minimum absolute atomic E-state index is 0.341. The largest absolute Gasteiger partial charge is 0.454 e. The minimum atomic E-state index is 0.341. The lowest BCUT2D eigenvalue weighted by Crippen LogP contribution is -2.23.